The molecule has 0 spiro atoms. The molecule has 0 aliphatic carbocycles. The average Bonchev–Trinajstić information content (AvgIpc) is 2.96. The highest BCUT2D eigenvalue weighted by molar-refractivity contribution is 5.99. The van der Waals surface area contributed by atoms with Crippen LogP contribution in [0.5, 0.6) is 0 Å². The summed E-state index contributed by atoms with van der Waals surface area (Å²) < 4.78 is 0. The summed E-state index contributed by atoms with van der Waals surface area (Å²) in [5, 5.41) is 2.79. The van der Waals surface area contributed by atoms with Crippen molar-refractivity contribution < 1.29 is 14.4 Å². The molecule has 1 fully saturated rings. The van der Waals surface area contributed by atoms with E-state index >= 15 is 0 Å². The van der Waals surface area contributed by atoms with E-state index in [0.717, 1.165) is 11.4 Å². The number of rotatable bonds is 7. The molecular formula is C22H24N2O3. The van der Waals surface area contributed by atoms with E-state index in [1.807, 2.05) is 67.6 Å². The Balaban J connectivity index is 1.58. The molecule has 1 aliphatic rings. The molecule has 140 valence electrons. The Morgan fingerprint density at radius 1 is 1.00 bits per heavy atom. The van der Waals surface area contributed by atoms with Crippen molar-refractivity contribution in [2.45, 2.75) is 44.6 Å². The predicted molar refractivity (Wildman–Crippen MR) is 105 cm³/mol. The molecule has 0 bridgehead atoms. The lowest BCUT2D eigenvalue weighted by Gasteiger charge is -2.35. The molecule has 2 amide bonds. The average molecular weight is 364 g/mol. The van der Waals surface area contributed by atoms with Crippen LogP contribution in [0.4, 0.5) is 11.4 Å². The van der Waals surface area contributed by atoms with Gasteiger partial charge in [0.05, 0.1) is 5.54 Å². The van der Waals surface area contributed by atoms with Crippen molar-refractivity contribution in [1.29, 1.82) is 0 Å². The van der Waals surface area contributed by atoms with Gasteiger partial charge >= 0.3 is 0 Å². The second-order valence-electron chi connectivity index (χ2n) is 7.19. The number of benzene rings is 2. The van der Waals surface area contributed by atoms with E-state index in [9.17, 15) is 14.4 Å². The third-order valence-corrected chi connectivity index (χ3v) is 4.95. The first kappa shape index (κ1) is 18.8. The van der Waals surface area contributed by atoms with Gasteiger partial charge in [-0.1, -0.05) is 36.4 Å². The van der Waals surface area contributed by atoms with Crippen molar-refractivity contribution >= 4 is 29.0 Å². The third-order valence-electron chi connectivity index (χ3n) is 4.95. The zero-order chi connectivity index (χ0) is 19.3. The Hall–Kier alpha value is -2.95. The summed E-state index contributed by atoms with van der Waals surface area (Å²) in [5.74, 6) is -0.142. The summed E-state index contributed by atoms with van der Waals surface area (Å²) in [4.78, 5) is 38.7. The highest BCUT2D eigenvalue weighted by atomic mass is 16.2. The van der Waals surface area contributed by atoms with Crippen LogP contribution in [0.15, 0.2) is 60.7 Å². The molecule has 5 heteroatoms. The first-order valence-electron chi connectivity index (χ1n) is 9.23. The second kappa shape index (κ2) is 8.16. The van der Waals surface area contributed by atoms with Gasteiger partial charge in [0.2, 0.25) is 11.8 Å². The maximum atomic E-state index is 12.5. The largest absolute Gasteiger partial charge is 0.326 e. The Morgan fingerprint density at radius 2 is 1.63 bits per heavy atom. The van der Waals surface area contributed by atoms with Crippen LogP contribution < -0.4 is 10.2 Å². The fraction of sp³-hybridized carbons (Fsp3) is 0.318. The van der Waals surface area contributed by atoms with Crippen LogP contribution in [0.2, 0.25) is 0 Å². The topological polar surface area (TPSA) is 66.5 Å². The van der Waals surface area contributed by atoms with Gasteiger partial charge in [0.15, 0.2) is 0 Å². The highest BCUT2D eigenvalue weighted by Gasteiger charge is 2.43. The Bertz CT molecular complexity index is 820. The number of anilines is 2. The number of para-hydroxylation sites is 2. The molecule has 1 aliphatic heterocycles. The summed E-state index contributed by atoms with van der Waals surface area (Å²) >= 11 is 0. The minimum absolute atomic E-state index is 0.00339. The van der Waals surface area contributed by atoms with E-state index in [1.165, 1.54) is 0 Å². The van der Waals surface area contributed by atoms with Crippen molar-refractivity contribution in [2.24, 2.45) is 0 Å². The number of nitrogens with zero attached hydrogens (tertiary/aromatic N) is 1. The smallest absolute Gasteiger partial charge is 0.227 e. The highest BCUT2D eigenvalue weighted by Crippen LogP contribution is 2.37. The zero-order valence-corrected chi connectivity index (χ0v) is 15.5. The van der Waals surface area contributed by atoms with Crippen LogP contribution in [0.3, 0.4) is 0 Å². The molecular weight excluding hydrogens is 340 g/mol. The molecule has 1 saturated heterocycles. The Labute approximate surface area is 159 Å². The molecule has 1 heterocycles. The molecule has 1 atom stereocenters. The molecule has 0 saturated carbocycles. The first-order chi connectivity index (χ1) is 13.0. The van der Waals surface area contributed by atoms with Crippen molar-refractivity contribution in [3.05, 3.63) is 60.7 Å². The summed E-state index contributed by atoms with van der Waals surface area (Å²) in [6.45, 7) is 1.95. The van der Waals surface area contributed by atoms with Crippen LogP contribution in [0.1, 0.15) is 39.0 Å². The lowest BCUT2D eigenvalue weighted by atomic mass is 9.90. The minimum Gasteiger partial charge on any atom is -0.326 e. The van der Waals surface area contributed by atoms with Crippen molar-refractivity contribution in [2.75, 3.05) is 10.2 Å². The van der Waals surface area contributed by atoms with Gasteiger partial charge in [0, 0.05) is 37.1 Å². The number of Topliss-reactive ketones (excluding diaryl/α,β-unsaturated/α-hetero) is 1. The molecule has 1 unspecified atom stereocenters. The van der Waals surface area contributed by atoms with Crippen LogP contribution in [-0.2, 0) is 14.4 Å². The predicted octanol–water partition coefficient (Wildman–Crippen LogP) is 3.95. The van der Waals surface area contributed by atoms with Gasteiger partial charge in [0.25, 0.3) is 0 Å². The van der Waals surface area contributed by atoms with Crippen LogP contribution in [0, 0.1) is 0 Å². The number of ketones is 1. The number of hydrogen-bond donors (Lipinski definition) is 1. The second-order valence-corrected chi connectivity index (χ2v) is 7.19. The summed E-state index contributed by atoms with van der Waals surface area (Å²) in [5.41, 5.74) is 1.00. The van der Waals surface area contributed by atoms with Gasteiger partial charge in [-0.25, -0.2) is 0 Å². The van der Waals surface area contributed by atoms with Crippen molar-refractivity contribution in [3.8, 4) is 0 Å². The van der Waals surface area contributed by atoms with Crippen molar-refractivity contribution in [1.82, 2.24) is 0 Å². The third kappa shape index (κ3) is 4.61. The van der Waals surface area contributed by atoms with E-state index in [1.54, 1.807) is 4.90 Å². The fourth-order valence-electron chi connectivity index (χ4n) is 3.61. The van der Waals surface area contributed by atoms with Crippen LogP contribution in [-0.4, -0.2) is 23.1 Å². The van der Waals surface area contributed by atoms with Crippen molar-refractivity contribution in [3.63, 3.8) is 0 Å². The van der Waals surface area contributed by atoms with Gasteiger partial charge in [-0.05, 0) is 37.6 Å². The SMILES string of the molecule is CC1(CC(=O)CCC(=O)Nc2ccccc2)CCC(=O)N1c1ccccc1. The zero-order valence-electron chi connectivity index (χ0n) is 15.5. The summed E-state index contributed by atoms with van der Waals surface area (Å²) in [6.07, 6.45) is 1.65. The van der Waals surface area contributed by atoms with Gasteiger partial charge < -0.3 is 10.2 Å². The number of carbonyl (C=O) groups excluding carboxylic acids is 3. The number of amides is 2. The van der Waals surface area contributed by atoms with Crippen LogP contribution >= 0.6 is 0 Å². The molecule has 1 N–H and O–H groups in total. The minimum atomic E-state index is -0.536. The molecule has 2 aromatic carbocycles. The van der Waals surface area contributed by atoms with E-state index in [4.69, 9.17) is 0 Å². The summed E-state index contributed by atoms with van der Waals surface area (Å²) in [7, 11) is 0. The van der Waals surface area contributed by atoms with Crippen LogP contribution in [0.25, 0.3) is 0 Å². The number of nitrogens with one attached hydrogen (secondary N) is 1. The maximum absolute atomic E-state index is 12.5. The number of hydrogen-bond acceptors (Lipinski definition) is 3. The monoisotopic (exact) mass is 364 g/mol. The quantitative estimate of drug-likeness (QED) is 0.809. The molecule has 0 aromatic heterocycles. The Morgan fingerprint density at radius 3 is 2.30 bits per heavy atom. The molecule has 27 heavy (non-hydrogen) atoms. The lowest BCUT2D eigenvalue weighted by molar-refractivity contribution is -0.123. The molecule has 3 rings (SSSR count). The van der Waals surface area contributed by atoms with Gasteiger partial charge in [-0.15, -0.1) is 0 Å². The fourth-order valence-corrected chi connectivity index (χ4v) is 3.61. The standard InChI is InChI=1S/C22H24N2O3/c1-22(15-14-21(27)24(22)18-10-6-3-7-11-18)16-19(25)12-13-20(26)23-17-8-4-2-5-9-17/h2-11H,12-16H2,1H3,(H,23,26). The van der Waals surface area contributed by atoms with Gasteiger partial charge in [0.1, 0.15) is 5.78 Å². The lowest BCUT2D eigenvalue weighted by Crippen LogP contribution is -2.45. The first-order valence-corrected chi connectivity index (χ1v) is 9.23. The van der Waals surface area contributed by atoms with E-state index < -0.39 is 5.54 Å². The molecule has 5 nitrogen and oxygen atoms in total. The molecule has 2 aromatic rings. The van der Waals surface area contributed by atoms with Gasteiger partial charge in [-0.2, -0.15) is 0 Å². The summed E-state index contributed by atoms with van der Waals surface area (Å²) in [6, 6.07) is 18.6. The maximum Gasteiger partial charge on any atom is 0.227 e. The Kier molecular flexibility index (Phi) is 5.69. The van der Waals surface area contributed by atoms with E-state index in [-0.39, 0.29) is 36.9 Å². The van der Waals surface area contributed by atoms with E-state index in [0.29, 0.717) is 12.8 Å². The van der Waals surface area contributed by atoms with Gasteiger partial charge in [-0.3, -0.25) is 14.4 Å². The molecule has 0 radical (unpaired) electrons. The number of carbonyl (C=O) groups is 3. The normalized spacial score (nSPS) is 19.1. The van der Waals surface area contributed by atoms with E-state index in [2.05, 4.69) is 5.32 Å².